The molecule has 0 saturated carbocycles. The Kier molecular flexibility index (Phi) is 31.3. The number of ether oxygens (including phenoxy) is 2. The Labute approximate surface area is 357 Å². The van der Waals surface area contributed by atoms with Gasteiger partial charge in [-0.1, -0.05) is 124 Å². The average molecular weight is 860 g/mol. The van der Waals surface area contributed by atoms with Gasteiger partial charge in [0, 0.05) is 18.8 Å². The Balaban J connectivity index is 2.53. The number of carbonyl (C=O) groups excluding carboxylic acids is 3. The van der Waals surface area contributed by atoms with E-state index >= 15 is 0 Å². The number of carboxylic acid groups (broad SMARTS) is 1. The van der Waals surface area contributed by atoms with Crippen LogP contribution in [0.15, 0.2) is 97.2 Å². The smallest absolute Gasteiger partial charge is 0.472 e. The fourth-order valence-corrected chi connectivity index (χ4v) is 6.40. The Bertz CT molecular complexity index is 1530. The van der Waals surface area contributed by atoms with Crippen LogP contribution in [0.4, 0.5) is 0 Å². The predicted molar refractivity (Wildman–Crippen MR) is 235 cm³/mol. The summed E-state index contributed by atoms with van der Waals surface area (Å²) in [5.74, 6) is -2.99. The molecular formula is C46H70NO12P. The summed E-state index contributed by atoms with van der Waals surface area (Å²) in [5, 5.41) is 19.1. The topological polar surface area (TPSA) is 209 Å². The monoisotopic (exact) mass is 859 g/mol. The molecule has 0 aromatic rings. The third kappa shape index (κ3) is 29.3. The van der Waals surface area contributed by atoms with Gasteiger partial charge < -0.3 is 30.3 Å². The van der Waals surface area contributed by atoms with Crippen molar-refractivity contribution in [1.82, 2.24) is 0 Å². The Morgan fingerprint density at radius 1 is 0.783 bits per heavy atom. The van der Waals surface area contributed by atoms with Crippen LogP contribution in [0.3, 0.4) is 0 Å². The molecule has 5 N–H and O–H groups in total. The fourth-order valence-electron chi connectivity index (χ4n) is 5.62. The molecule has 1 rings (SSSR count). The first kappa shape index (κ1) is 54.0. The molecule has 14 heteroatoms. The van der Waals surface area contributed by atoms with Gasteiger partial charge in [0.1, 0.15) is 12.6 Å². The molecule has 0 aromatic carbocycles. The third-order valence-electron chi connectivity index (χ3n) is 9.06. The van der Waals surface area contributed by atoms with E-state index in [9.17, 15) is 33.7 Å². The zero-order valence-electron chi connectivity index (χ0n) is 35.6. The average Bonchev–Trinajstić information content (AvgIpc) is 3.57. The van der Waals surface area contributed by atoms with Crippen LogP contribution in [-0.4, -0.2) is 76.9 Å². The van der Waals surface area contributed by atoms with Gasteiger partial charge in [-0.05, 0) is 82.6 Å². The summed E-state index contributed by atoms with van der Waals surface area (Å²) in [6, 6.07) is -1.57. The molecule has 0 amide bonds. The maximum atomic E-state index is 12.7. The van der Waals surface area contributed by atoms with Crippen molar-refractivity contribution in [3.05, 3.63) is 97.2 Å². The molecule has 0 saturated heterocycles. The number of phosphoric ester groups is 1. The zero-order chi connectivity index (χ0) is 44.3. The number of esters is 2. The normalized spacial score (nSPS) is 18.6. The Morgan fingerprint density at radius 3 is 1.95 bits per heavy atom. The number of ketones is 1. The molecule has 1 unspecified atom stereocenters. The summed E-state index contributed by atoms with van der Waals surface area (Å²) >= 11 is 0. The van der Waals surface area contributed by atoms with Crippen molar-refractivity contribution in [2.24, 2.45) is 17.6 Å². The van der Waals surface area contributed by atoms with Crippen molar-refractivity contribution in [2.75, 3.05) is 19.8 Å². The SMILES string of the molecule is CC/C=C\C/C=C\C/C=C\C/C=C\C/C=C\CCCC(=O)OC[C@H](COP(=O)(O)OC[C@H](N)C(=O)O)OC(=O)CCC/C=C\C[C@H]1C=CC(=O)[C@@H]1/C=C/[C@@H](O)CCCCC. The second-order valence-corrected chi connectivity index (χ2v) is 15.9. The van der Waals surface area contributed by atoms with E-state index in [4.69, 9.17) is 24.8 Å². The molecule has 60 heavy (non-hydrogen) atoms. The molecule has 1 aliphatic rings. The summed E-state index contributed by atoms with van der Waals surface area (Å²) in [6.45, 7) is 2.30. The van der Waals surface area contributed by atoms with E-state index in [2.05, 4.69) is 67.0 Å². The van der Waals surface area contributed by atoms with Gasteiger partial charge in [-0.2, -0.15) is 0 Å². The number of allylic oxidation sites excluding steroid dienone is 15. The highest BCUT2D eigenvalue weighted by molar-refractivity contribution is 7.47. The highest BCUT2D eigenvalue weighted by Gasteiger charge is 2.29. The molecule has 0 radical (unpaired) electrons. The maximum Gasteiger partial charge on any atom is 0.472 e. The highest BCUT2D eigenvalue weighted by Crippen LogP contribution is 2.43. The molecule has 0 fully saturated rings. The van der Waals surface area contributed by atoms with Crippen LogP contribution in [0.2, 0.25) is 0 Å². The standard InChI is InChI=1S/C46H70NO12P/c1-3-5-7-8-9-10-11-12-13-14-15-16-17-18-19-20-25-29-44(50)56-35-40(36-57-60(54,55)58-37-42(47)46(52)53)59-45(51)30-26-22-21-24-27-38-31-34-43(49)41(38)33-32-39(48)28-23-6-4-2/h5,7,9-10,12-13,15-16,18-19,21,24,31-34,38-42,48H,3-4,6,8,11,14,17,20,22-23,25-30,35-37,47H2,1-2H3,(H,52,53)(H,54,55)/b7-5-,10-9-,13-12-,16-15-,19-18-,24-21-,33-32+/t38-,39-,40+,41+,42-/m0/s1. The summed E-state index contributed by atoms with van der Waals surface area (Å²) in [6.07, 6.45) is 41.2. The Hall–Kier alpha value is -3.97. The van der Waals surface area contributed by atoms with Gasteiger partial charge in [0.15, 0.2) is 11.9 Å². The van der Waals surface area contributed by atoms with Gasteiger partial charge >= 0.3 is 25.7 Å². The van der Waals surface area contributed by atoms with E-state index < -0.39 is 63.8 Å². The number of hydrogen-bond donors (Lipinski definition) is 4. The predicted octanol–water partition coefficient (Wildman–Crippen LogP) is 8.89. The van der Waals surface area contributed by atoms with Crippen LogP contribution in [0.25, 0.3) is 0 Å². The molecular weight excluding hydrogens is 789 g/mol. The number of unbranched alkanes of at least 4 members (excludes halogenated alkanes) is 4. The number of aliphatic hydroxyl groups is 1. The summed E-state index contributed by atoms with van der Waals surface area (Å²) in [4.78, 5) is 58.5. The molecule has 0 spiro atoms. The van der Waals surface area contributed by atoms with Gasteiger partial charge in [-0.3, -0.25) is 28.2 Å². The van der Waals surface area contributed by atoms with Crippen molar-refractivity contribution in [3.8, 4) is 0 Å². The van der Waals surface area contributed by atoms with Crippen molar-refractivity contribution < 1.29 is 57.4 Å². The minimum absolute atomic E-state index is 0.00616. The van der Waals surface area contributed by atoms with Crippen LogP contribution in [0.1, 0.15) is 117 Å². The van der Waals surface area contributed by atoms with E-state index in [-0.39, 0.29) is 30.5 Å². The first-order valence-corrected chi connectivity index (χ1v) is 22.8. The van der Waals surface area contributed by atoms with Gasteiger partial charge in [0.05, 0.1) is 19.3 Å². The number of rotatable bonds is 35. The van der Waals surface area contributed by atoms with Crippen LogP contribution < -0.4 is 5.73 Å². The molecule has 0 aromatic heterocycles. The lowest BCUT2D eigenvalue weighted by Gasteiger charge is -2.20. The number of phosphoric acid groups is 1. The van der Waals surface area contributed by atoms with Crippen LogP contribution >= 0.6 is 7.82 Å². The fraction of sp³-hybridized carbons (Fsp3) is 0.565. The number of hydrogen-bond acceptors (Lipinski definition) is 11. The lowest BCUT2D eigenvalue weighted by molar-refractivity contribution is -0.161. The van der Waals surface area contributed by atoms with Crippen LogP contribution in [0, 0.1) is 11.8 Å². The first-order valence-electron chi connectivity index (χ1n) is 21.3. The molecule has 6 atom stereocenters. The van der Waals surface area contributed by atoms with Gasteiger partial charge in [-0.25, -0.2) is 4.57 Å². The highest BCUT2D eigenvalue weighted by atomic mass is 31.2. The third-order valence-corrected chi connectivity index (χ3v) is 10.0. The van der Waals surface area contributed by atoms with E-state index in [0.717, 1.165) is 51.4 Å². The van der Waals surface area contributed by atoms with Crippen molar-refractivity contribution in [2.45, 2.75) is 135 Å². The molecule has 336 valence electrons. The summed E-state index contributed by atoms with van der Waals surface area (Å²) in [7, 11) is -4.79. The quantitative estimate of drug-likeness (QED) is 0.0203. The Morgan fingerprint density at radius 2 is 1.35 bits per heavy atom. The lowest BCUT2D eigenvalue weighted by atomic mass is 9.90. The number of carbonyl (C=O) groups is 4. The van der Waals surface area contributed by atoms with E-state index in [1.165, 1.54) is 0 Å². The van der Waals surface area contributed by atoms with E-state index in [1.54, 1.807) is 18.2 Å². The minimum atomic E-state index is -4.79. The number of aliphatic hydroxyl groups excluding tert-OH is 1. The summed E-state index contributed by atoms with van der Waals surface area (Å²) < 4.78 is 32.6. The second-order valence-electron chi connectivity index (χ2n) is 14.4. The van der Waals surface area contributed by atoms with Crippen LogP contribution in [-0.2, 0) is 42.3 Å². The molecule has 13 nitrogen and oxygen atoms in total. The molecule has 1 aliphatic carbocycles. The van der Waals surface area contributed by atoms with Crippen LogP contribution in [0.5, 0.6) is 0 Å². The van der Waals surface area contributed by atoms with E-state index in [0.29, 0.717) is 38.5 Å². The minimum Gasteiger partial charge on any atom is -0.480 e. The number of aliphatic carboxylic acids is 1. The zero-order valence-corrected chi connectivity index (χ0v) is 36.5. The van der Waals surface area contributed by atoms with E-state index in [1.807, 2.05) is 30.4 Å². The number of carboxylic acids is 1. The van der Waals surface area contributed by atoms with Gasteiger partial charge in [-0.15, -0.1) is 0 Å². The first-order chi connectivity index (χ1) is 28.9. The lowest BCUT2D eigenvalue weighted by Crippen LogP contribution is -2.34. The van der Waals surface area contributed by atoms with Gasteiger partial charge in [0.2, 0.25) is 0 Å². The molecule has 0 heterocycles. The maximum absolute atomic E-state index is 12.7. The van der Waals surface area contributed by atoms with Gasteiger partial charge in [0.25, 0.3) is 0 Å². The second kappa shape index (κ2) is 34.7. The van der Waals surface area contributed by atoms with Crippen molar-refractivity contribution in [1.29, 1.82) is 0 Å². The van der Waals surface area contributed by atoms with Crippen molar-refractivity contribution in [3.63, 3.8) is 0 Å². The largest absolute Gasteiger partial charge is 0.480 e. The summed E-state index contributed by atoms with van der Waals surface area (Å²) in [5.41, 5.74) is 5.32. The molecule has 0 bridgehead atoms. The molecule has 0 aliphatic heterocycles. The number of nitrogens with two attached hydrogens (primary N) is 1. The van der Waals surface area contributed by atoms with Crippen molar-refractivity contribution >= 4 is 31.5 Å².